The molecule has 3 nitrogen and oxygen atoms in total. The lowest BCUT2D eigenvalue weighted by molar-refractivity contribution is -0.665. The number of piperidine rings is 1. The molecule has 1 saturated heterocycles. The Morgan fingerprint density at radius 2 is 2.05 bits per heavy atom. The van der Waals surface area contributed by atoms with E-state index < -0.39 is 5.60 Å². The lowest BCUT2D eigenvalue weighted by atomic mass is 9.83. The number of ether oxygens (including phenoxy) is 1. The van der Waals surface area contributed by atoms with Crippen molar-refractivity contribution in [2.45, 2.75) is 32.3 Å². The molecular formula is C15H20BrClNO2+. The molecule has 1 aromatic carbocycles. The molecule has 1 fully saturated rings. The van der Waals surface area contributed by atoms with Gasteiger partial charge in [-0.25, -0.2) is 4.79 Å². The van der Waals surface area contributed by atoms with Crippen molar-refractivity contribution in [2.24, 2.45) is 5.92 Å². The first-order valence-corrected chi connectivity index (χ1v) is 8.07. The number of hydrogen-bond acceptors (Lipinski definition) is 2. The van der Waals surface area contributed by atoms with E-state index in [0.29, 0.717) is 21.0 Å². The van der Waals surface area contributed by atoms with Crippen molar-refractivity contribution in [1.29, 1.82) is 0 Å². The fourth-order valence-corrected chi connectivity index (χ4v) is 3.12. The molecule has 20 heavy (non-hydrogen) atoms. The van der Waals surface area contributed by atoms with Crippen LogP contribution in [-0.4, -0.2) is 24.7 Å². The Balaban J connectivity index is 2.07. The average Bonchev–Trinajstić information content (AvgIpc) is 2.42. The lowest BCUT2D eigenvalue weighted by Crippen LogP contribution is -2.86. The van der Waals surface area contributed by atoms with Crippen LogP contribution in [-0.2, 0) is 4.74 Å². The van der Waals surface area contributed by atoms with E-state index in [2.05, 4.69) is 21.2 Å². The van der Waals surface area contributed by atoms with Crippen molar-refractivity contribution in [3.63, 3.8) is 0 Å². The van der Waals surface area contributed by atoms with E-state index in [1.807, 2.05) is 13.8 Å². The van der Waals surface area contributed by atoms with Crippen LogP contribution in [0.25, 0.3) is 0 Å². The van der Waals surface area contributed by atoms with Crippen LogP contribution in [0.2, 0.25) is 5.02 Å². The van der Waals surface area contributed by atoms with Crippen molar-refractivity contribution in [2.75, 3.05) is 13.1 Å². The summed E-state index contributed by atoms with van der Waals surface area (Å²) >= 11 is 9.26. The van der Waals surface area contributed by atoms with Crippen molar-refractivity contribution in [1.82, 2.24) is 0 Å². The second-order valence-electron chi connectivity index (χ2n) is 5.76. The summed E-state index contributed by atoms with van der Waals surface area (Å²) in [4.78, 5) is 12.3. The highest BCUT2D eigenvalue weighted by atomic mass is 79.9. The number of benzene rings is 1. The zero-order valence-corrected chi connectivity index (χ0v) is 14.1. The predicted molar refractivity (Wildman–Crippen MR) is 83.0 cm³/mol. The molecule has 0 radical (unpaired) electrons. The zero-order chi connectivity index (χ0) is 14.8. The third-order valence-electron chi connectivity index (χ3n) is 3.93. The van der Waals surface area contributed by atoms with Crippen LogP contribution in [0.15, 0.2) is 22.7 Å². The van der Waals surface area contributed by atoms with Gasteiger partial charge in [0.25, 0.3) is 0 Å². The maximum absolute atomic E-state index is 12.3. The van der Waals surface area contributed by atoms with E-state index in [0.717, 1.165) is 25.9 Å². The van der Waals surface area contributed by atoms with E-state index in [-0.39, 0.29) is 5.97 Å². The summed E-state index contributed by atoms with van der Waals surface area (Å²) in [5, 5.41) is 2.90. The van der Waals surface area contributed by atoms with Gasteiger partial charge < -0.3 is 10.1 Å². The minimum Gasteiger partial charge on any atom is -0.456 e. The van der Waals surface area contributed by atoms with Crippen molar-refractivity contribution < 1.29 is 14.8 Å². The van der Waals surface area contributed by atoms with Gasteiger partial charge in [0.05, 0.1) is 23.7 Å². The van der Waals surface area contributed by atoms with Crippen molar-refractivity contribution in [3.05, 3.63) is 33.3 Å². The average molecular weight is 362 g/mol. The largest absolute Gasteiger partial charge is 0.456 e. The second-order valence-corrected chi connectivity index (χ2v) is 7.02. The maximum Gasteiger partial charge on any atom is 0.338 e. The van der Waals surface area contributed by atoms with Crippen LogP contribution in [0.5, 0.6) is 0 Å². The Labute approximate surface area is 133 Å². The van der Waals surface area contributed by atoms with Crippen LogP contribution in [0.3, 0.4) is 0 Å². The van der Waals surface area contributed by atoms with E-state index >= 15 is 0 Å². The molecule has 5 heteroatoms. The van der Waals surface area contributed by atoms with Crippen molar-refractivity contribution >= 4 is 33.5 Å². The van der Waals surface area contributed by atoms with Crippen LogP contribution >= 0.6 is 27.5 Å². The topological polar surface area (TPSA) is 42.9 Å². The molecule has 0 aliphatic carbocycles. The van der Waals surface area contributed by atoms with Gasteiger partial charge in [0.2, 0.25) is 0 Å². The SMILES string of the molecule is CC(C)(OC(=O)c1ccc(Cl)c(Br)c1)C1CC[NH2+]CC1. The first-order valence-electron chi connectivity index (χ1n) is 6.90. The van der Waals surface area contributed by atoms with Crippen LogP contribution in [0.1, 0.15) is 37.0 Å². The molecule has 1 aliphatic rings. The van der Waals surface area contributed by atoms with Crippen LogP contribution in [0, 0.1) is 5.92 Å². The Hall–Kier alpha value is -0.580. The molecule has 1 aliphatic heterocycles. The quantitative estimate of drug-likeness (QED) is 0.841. The van der Waals surface area contributed by atoms with E-state index in [9.17, 15) is 4.79 Å². The molecule has 0 aromatic heterocycles. The Bertz CT molecular complexity index is 499. The van der Waals surface area contributed by atoms with Crippen LogP contribution in [0.4, 0.5) is 0 Å². The van der Waals surface area contributed by atoms with E-state index in [4.69, 9.17) is 16.3 Å². The Morgan fingerprint density at radius 3 is 2.65 bits per heavy atom. The number of carbonyl (C=O) groups excluding carboxylic acids is 1. The number of quaternary nitrogens is 1. The molecule has 0 amide bonds. The van der Waals surface area contributed by atoms with Gasteiger partial charge in [-0.3, -0.25) is 0 Å². The Kier molecular flexibility index (Phi) is 5.10. The highest BCUT2D eigenvalue weighted by molar-refractivity contribution is 9.10. The number of hydrogen-bond donors (Lipinski definition) is 1. The summed E-state index contributed by atoms with van der Waals surface area (Å²) in [5.74, 6) is 0.133. The molecular weight excluding hydrogens is 342 g/mol. The molecule has 2 N–H and O–H groups in total. The number of halogens is 2. The smallest absolute Gasteiger partial charge is 0.338 e. The van der Waals surface area contributed by atoms with Gasteiger partial charge in [-0.2, -0.15) is 0 Å². The first-order chi connectivity index (χ1) is 9.40. The lowest BCUT2D eigenvalue weighted by Gasteiger charge is -2.35. The highest BCUT2D eigenvalue weighted by Crippen LogP contribution is 2.30. The number of rotatable bonds is 3. The molecule has 0 atom stereocenters. The molecule has 110 valence electrons. The van der Waals surface area contributed by atoms with Gasteiger partial charge in [-0.05, 0) is 48.0 Å². The summed E-state index contributed by atoms with van der Waals surface area (Å²) in [6, 6.07) is 5.10. The molecule has 0 spiro atoms. The minimum absolute atomic E-state index is 0.290. The summed E-state index contributed by atoms with van der Waals surface area (Å²) < 4.78 is 6.45. The first kappa shape index (κ1) is 15.8. The van der Waals surface area contributed by atoms with E-state index in [1.54, 1.807) is 18.2 Å². The standard InChI is InChI=1S/C15H19BrClNO2/c1-15(2,11-5-7-18-8-6-11)20-14(19)10-3-4-13(17)12(16)9-10/h3-4,9,11,18H,5-8H2,1-2H3/p+1. The fraction of sp³-hybridized carbons (Fsp3) is 0.533. The summed E-state index contributed by atoms with van der Waals surface area (Å²) in [5.41, 5.74) is 0.0917. The summed E-state index contributed by atoms with van der Waals surface area (Å²) in [6.07, 6.45) is 2.18. The molecule has 0 bridgehead atoms. The zero-order valence-electron chi connectivity index (χ0n) is 11.8. The minimum atomic E-state index is -0.433. The molecule has 0 unspecified atom stereocenters. The van der Waals surface area contributed by atoms with Gasteiger partial charge >= 0.3 is 5.97 Å². The monoisotopic (exact) mass is 360 g/mol. The van der Waals surface area contributed by atoms with E-state index in [1.165, 1.54) is 0 Å². The van der Waals surface area contributed by atoms with Gasteiger partial charge in [0.1, 0.15) is 5.60 Å². The predicted octanol–water partition coefficient (Wildman–Crippen LogP) is 3.01. The van der Waals surface area contributed by atoms with Crippen molar-refractivity contribution in [3.8, 4) is 0 Å². The fourth-order valence-electron chi connectivity index (χ4n) is 2.63. The third-order valence-corrected chi connectivity index (χ3v) is 5.15. The Morgan fingerprint density at radius 1 is 1.40 bits per heavy atom. The normalized spacial score (nSPS) is 17.0. The molecule has 1 heterocycles. The molecule has 1 aromatic rings. The van der Waals surface area contributed by atoms with Gasteiger partial charge in [-0.1, -0.05) is 11.6 Å². The van der Waals surface area contributed by atoms with Crippen LogP contribution < -0.4 is 5.32 Å². The highest BCUT2D eigenvalue weighted by Gasteiger charge is 2.35. The maximum atomic E-state index is 12.3. The van der Waals surface area contributed by atoms with Gasteiger partial charge in [-0.15, -0.1) is 0 Å². The second kappa shape index (κ2) is 6.46. The number of carbonyl (C=O) groups is 1. The molecule has 0 saturated carbocycles. The third kappa shape index (κ3) is 3.74. The summed E-state index contributed by atoms with van der Waals surface area (Å²) in [7, 11) is 0. The van der Waals surface area contributed by atoms with Gasteiger partial charge in [0, 0.05) is 23.2 Å². The number of nitrogens with two attached hydrogens (primary N) is 1. The number of esters is 1. The summed E-state index contributed by atoms with van der Waals surface area (Å²) in [6.45, 7) is 6.23. The molecule has 2 rings (SSSR count). The van der Waals surface area contributed by atoms with Gasteiger partial charge in [0.15, 0.2) is 0 Å².